The molecule has 2 rings (SSSR count). The Morgan fingerprint density at radius 1 is 1.10 bits per heavy atom. The number of nitriles is 1. The lowest BCUT2D eigenvalue weighted by Gasteiger charge is -2.06. The molecule has 104 valence electrons. The molecule has 2 aromatic rings. The molecule has 2 aromatic carbocycles. The van der Waals surface area contributed by atoms with Crippen LogP contribution in [0.1, 0.15) is 5.56 Å². The highest BCUT2D eigenvalue weighted by Crippen LogP contribution is 2.22. The van der Waals surface area contributed by atoms with E-state index in [0.29, 0.717) is 17.1 Å². The first kappa shape index (κ1) is 14.4. The molecule has 4 heteroatoms. The molecule has 21 heavy (non-hydrogen) atoms. The van der Waals surface area contributed by atoms with Crippen LogP contribution < -0.4 is 4.74 Å². The van der Waals surface area contributed by atoms with E-state index in [9.17, 15) is 4.79 Å². The van der Waals surface area contributed by atoms with E-state index in [1.54, 1.807) is 24.3 Å². The molecule has 0 radical (unpaired) electrons. The van der Waals surface area contributed by atoms with E-state index in [4.69, 9.17) is 10.00 Å². The van der Waals surface area contributed by atoms with Crippen molar-refractivity contribution in [1.82, 2.24) is 0 Å². The first-order chi connectivity index (χ1) is 10.2. The van der Waals surface area contributed by atoms with Crippen molar-refractivity contribution in [2.24, 2.45) is 0 Å². The third-order valence-electron chi connectivity index (χ3n) is 2.67. The molecule has 0 heterocycles. The lowest BCUT2D eigenvalue weighted by atomic mass is 10.1. The minimum atomic E-state index is -0.660. The van der Waals surface area contributed by atoms with Crippen LogP contribution >= 0.6 is 0 Å². The SMILES string of the molecule is COC(=O)C(C#N)=Cc1cccc(Oc2ccccc2)c1. The molecule has 0 aliphatic carbocycles. The van der Waals surface area contributed by atoms with Gasteiger partial charge in [0.1, 0.15) is 23.1 Å². The van der Waals surface area contributed by atoms with Gasteiger partial charge in [-0.3, -0.25) is 0 Å². The number of hydrogen-bond donors (Lipinski definition) is 0. The van der Waals surface area contributed by atoms with Crippen molar-refractivity contribution in [3.05, 3.63) is 65.7 Å². The molecule has 0 aliphatic heterocycles. The van der Waals surface area contributed by atoms with Gasteiger partial charge in [0.25, 0.3) is 0 Å². The van der Waals surface area contributed by atoms with Gasteiger partial charge in [-0.2, -0.15) is 5.26 Å². The summed E-state index contributed by atoms with van der Waals surface area (Å²) in [5, 5.41) is 8.94. The Kier molecular flexibility index (Phi) is 4.73. The monoisotopic (exact) mass is 279 g/mol. The van der Waals surface area contributed by atoms with Crippen molar-refractivity contribution in [3.8, 4) is 17.6 Å². The summed E-state index contributed by atoms with van der Waals surface area (Å²) in [6.07, 6.45) is 1.46. The smallest absolute Gasteiger partial charge is 0.348 e. The molecule has 4 nitrogen and oxygen atoms in total. The fourth-order valence-corrected chi connectivity index (χ4v) is 1.71. The van der Waals surface area contributed by atoms with Crippen molar-refractivity contribution in [3.63, 3.8) is 0 Å². The zero-order valence-electron chi connectivity index (χ0n) is 11.4. The van der Waals surface area contributed by atoms with Gasteiger partial charge in [-0.1, -0.05) is 30.3 Å². The molecule has 0 atom stereocenters. The Morgan fingerprint density at radius 3 is 2.48 bits per heavy atom. The summed E-state index contributed by atoms with van der Waals surface area (Å²) >= 11 is 0. The summed E-state index contributed by atoms with van der Waals surface area (Å²) in [6, 6.07) is 18.3. The van der Waals surface area contributed by atoms with Gasteiger partial charge in [0, 0.05) is 0 Å². The van der Waals surface area contributed by atoms with E-state index < -0.39 is 5.97 Å². The molecular weight excluding hydrogens is 266 g/mol. The van der Waals surface area contributed by atoms with Crippen molar-refractivity contribution < 1.29 is 14.3 Å². The lowest BCUT2D eigenvalue weighted by Crippen LogP contribution is -2.02. The van der Waals surface area contributed by atoms with E-state index >= 15 is 0 Å². The number of carbonyl (C=O) groups excluding carboxylic acids is 1. The Hall–Kier alpha value is -3.06. The summed E-state index contributed by atoms with van der Waals surface area (Å²) < 4.78 is 10.2. The number of benzene rings is 2. The number of carbonyl (C=O) groups is 1. The Bertz CT molecular complexity index is 699. The highest BCUT2D eigenvalue weighted by Gasteiger charge is 2.08. The second-order valence-electron chi connectivity index (χ2n) is 4.15. The van der Waals surface area contributed by atoms with Crippen molar-refractivity contribution >= 4 is 12.0 Å². The predicted molar refractivity (Wildman–Crippen MR) is 78.6 cm³/mol. The molecular formula is C17H13NO3. The van der Waals surface area contributed by atoms with Gasteiger partial charge < -0.3 is 9.47 Å². The molecule has 0 aromatic heterocycles. The third kappa shape index (κ3) is 3.95. The number of ether oxygens (including phenoxy) is 2. The van der Waals surface area contributed by atoms with E-state index in [1.165, 1.54) is 13.2 Å². The average molecular weight is 279 g/mol. The largest absolute Gasteiger partial charge is 0.465 e. The highest BCUT2D eigenvalue weighted by molar-refractivity contribution is 5.97. The second kappa shape index (κ2) is 6.92. The second-order valence-corrected chi connectivity index (χ2v) is 4.15. The minimum Gasteiger partial charge on any atom is -0.465 e. The number of hydrogen-bond acceptors (Lipinski definition) is 4. The van der Waals surface area contributed by atoms with E-state index in [1.807, 2.05) is 36.4 Å². The Labute approximate surface area is 122 Å². The van der Waals surface area contributed by atoms with Crippen molar-refractivity contribution in [1.29, 1.82) is 5.26 Å². The third-order valence-corrected chi connectivity index (χ3v) is 2.67. The summed E-state index contributed by atoms with van der Waals surface area (Å²) in [7, 11) is 1.24. The molecule has 0 fully saturated rings. The summed E-state index contributed by atoms with van der Waals surface area (Å²) in [6.45, 7) is 0. The topological polar surface area (TPSA) is 59.3 Å². The van der Waals surface area contributed by atoms with Gasteiger partial charge in [0.2, 0.25) is 0 Å². The minimum absolute atomic E-state index is 0.0608. The standard InChI is InChI=1S/C17H13NO3/c1-20-17(19)14(12-18)10-13-6-5-9-16(11-13)21-15-7-3-2-4-8-15/h2-11H,1H3. The van der Waals surface area contributed by atoms with Gasteiger partial charge in [-0.05, 0) is 35.9 Å². The summed E-state index contributed by atoms with van der Waals surface area (Å²) in [5.74, 6) is 0.677. The van der Waals surface area contributed by atoms with Crippen molar-refractivity contribution in [2.45, 2.75) is 0 Å². The van der Waals surface area contributed by atoms with Crippen LogP contribution in [0.5, 0.6) is 11.5 Å². The predicted octanol–water partition coefficient (Wildman–Crippen LogP) is 3.56. The quantitative estimate of drug-likeness (QED) is 0.488. The van der Waals surface area contributed by atoms with Gasteiger partial charge in [0.15, 0.2) is 0 Å². The number of para-hydroxylation sites is 1. The van der Waals surface area contributed by atoms with Gasteiger partial charge in [-0.15, -0.1) is 0 Å². The number of nitrogens with zero attached hydrogens (tertiary/aromatic N) is 1. The fourth-order valence-electron chi connectivity index (χ4n) is 1.71. The molecule has 0 aliphatic rings. The van der Waals surface area contributed by atoms with Crippen LogP contribution in [0.4, 0.5) is 0 Å². The van der Waals surface area contributed by atoms with Crippen molar-refractivity contribution in [2.75, 3.05) is 7.11 Å². The molecule has 0 spiro atoms. The van der Waals surface area contributed by atoms with Crippen LogP contribution in [0.15, 0.2) is 60.2 Å². The van der Waals surface area contributed by atoms with Crippen LogP contribution in [0.3, 0.4) is 0 Å². The highest BCUT2D eigenvalue weighted by atomic mass is 16.5. The number of esters is 1. The first-order valence-corrected chi connectivity index (χ1v) is 6.26. The first-order valence-electron chi connectivity index (χ1n) is 6.26. The van der Waals surface area contributed by atoms with Gasteiger partial charge >= 0.3 is 5.97 Å². The zero-order valence-corrected chi connectivity index (χ0v) is 11.4. The zero-order chi connectivity index (χ0) is 15.1. The van der Waals surface area contributed by atoms with Crippen LogP contribution in [0.2, 0.25) is 0 Å². The molecule has 0 amide bonds. The molecule has 0 N–H and O–H groups in total. The Morgan fingerprint density at radius 2 is 1.81 bits per heavy atom. The molecule has 0 unspecified atom stereocenters. The number of methoxy groups -OCH3 is 1. The maximum Gasteiger partial charge on any atom is 0.348 e. The molecule has 0 bridgehead atoms. The van der Waals surface area contributed by atoms with Crippen LogP contribution in [-0.2, 0) is 9.53 Å². The van der Waals surface area contributed by atoms with Crippen LogP contribution in [-0.4, -0.2) is 13.1 Å². The maximum atomic E-state index is 11.4. The van der Waals surface area contributed by atoms with E-state index in [0.717, 1.165) is 0 Å². The molecule has 0 saturated heterocycles. The van der Waals surface area contributed by atoms with Crippen LogP contribution in [0.25, 0.3) is 6.08 Å². The maximum absolute atomic E-state index is 11.4. The van der Waals surface area contributed by atoms with Gasteiger partial charge in [0.05, 0.1) is 7.11 Å². The fraction of sp³-hybridized carbons (Fsp3) is 0.0588. The average Bonchev–Trinajstić information content (AvgIpc) is 2.53. The normalized spacial score (nSPS) is 10.6. The number of rotatable bonds is 4. The summed E-state index contributed by atoms with van der Waals surface area (Å²) in [5.41, 5.74) is 0.625. The van der Waals surface area contributed by atoms with E-state index in [-0.39, 0.29) is 5.57 Å². The lowest BCUT2D eigenvalue weighted by molar-refractivity contribution is -0.135. The van der Waals surface area contributed by atoms with Crippen LogP contribution in [0, 0.1) is 11.3 Å². The summed E-state index contributed by atoms with van der Waals surface area (Å²) in [4.78, 5) is 11.4. The van der Waals surface area contributed by atoms with E-state index in [2.05, 4.69) is 4.74 Å². The molecule has 0 saturated carbocycles. The Balaban J connectivity index is 2.24. The van der Waals surface area contributed by atoms with Gasteiger partial charge in [-0.25, -0.2) is 4.79 Å².